The van der Waals surface area contributed by atoms with E-state index in [-0.39, 0.29) is 5.56 Å². The molecule has 2 N–H and O–H groups in total. The smallest absolute Gasteiger partial charge is 0.411 e. The van der Waals surface area contributed by atoms with Crippen molar-refractivity contribution < 1.29 is 24.5 Å². The lowest BCUT2D eigenvalue weighted by Gasteiger charge is -2.05. The van der Waals surface area contributed by atoms with E-state index in [0.29, 0.717) is 6.07 Å². The Kier molecular flexibility index (Phi) is 3.75. The third-order valence-corrected chi connectivity index (χ3v) is 2.15. The molecule has 1 aromatic carbocycles. The predicted molar refractivity (Wildman–Crippen MR) is 60.0 cm³/mol. The molecule has 0 unspecified atom stereocenters. The normalized spacial score (nSPS) is 9.74. The van der Waals surface area contributed by atoms with Crippen LogP contribution in [0.5, 0.6) is 0 Å². The number of amides is 2. The fraction of sp³-hybridized carbons (Fsp3) is 0.111. The quantitative estimate of drug-likeness (QED) is 0.617. The molecule has 100 valence electrons. The van der Waals surface area contributed by atoms with Crippen LogP contribution in [0.15, 0.2) is 12.1 Å². The number of carbonyl (C=O) groups excluding carboxylic acids is 1. The molecule has 19 heavy (non-hydrogen) atoms. The second-order valence-corrected chi connectivity index (χ2v) is 3.43. The molecule has 0 bridgehead atoms. The first kappa shape index (κ1) is 14.0. The number of hydrogen-bond acceptors (Lipinski definition) is 6. The molecule has 1 rings (SSSR count). The van der Waals surface area contributed by atoms with E-state index in [2.05, 4.69) is 0 Å². The van der Waals surface area contributed by atoms with Gasteiger partial charge in [0.05, 0.1) is 15.9 Å². The van der Waals surface area contributed by atoms with E-state index in [9.17, 15) is 29.8 Å². The summed E-state index contributed by atoms with van der Waals surface area (Å²) in [6.45, 7) is 1.23. The molecule has 1 aromatic rings. The summed E-state index contributed by atoms with van der Waals surface area (Å²) in [6.07, 6.45) is -1.68. The molecule has 10 heteroatoms. The molecule has 0 aliphatic heterocycles. The maximum absolute atomic E-state index is 11.5. The molecular weight excluding hydrogens is 262 g/mol. The van der Waals surface area contributed by atoms with Gasteiger partial charge in [-0.2, -0.15) is 0 Å². The molecule has 0 radical (unpaired) electrons. The van der Waals surface area contributed by atoms with E-state index in [4.69, 9.17) is 5.11 Å². The topological polar surface area (TPSA) is 153 Å². The average Bonchev–Trinajstić information content (AvgIpc) is 2.26. The van der Waals surface area contributed by atoms with Crippen molar-refractivity contribution >= 4 is 23.4 Å². The third-order valence-electron chi connectivity index (χ3n) is 2.15. The van der Waals surface area contributed by atoms with Crippen LogP contribution in [0.1, 0.15) is 15.9 Å². The van der Waals surface area contributed by atoms with Gasteiger partial charge in [-0.15, -0.1) is 0 Å². The van der Waals surface area contributed by atoms with Gasteiger partial charge in [0, 0.05) is 6.07 Å². The zero-order valence-electron chi connectivity index (χ0n) is 9.45. The highest BCUT2D eigenvalue weighted by Gasteiger charge is 2.27. The summed E-state index contributed by atoms with van der Waals surface area (Å²) >= 11 is 0. The predicted octanol–water partition coefficient (Wildman–Crippen LogP) is 1.22. The van der Waals surface area contributed by atoms with Crippen molar-refractivity contribution in [1.82, 2.24) is 5.32 Å². The highest BCUT2D eigenvalue weighted by atomic mass is 16.6. The van der Waals surface area contributed by atoms with E-state index < -0.39 is 38.8 Å². The molecule has 0 aliphatic carbocycles. The first-order chi connectivity index (χ1) is 8.73. The third kappa shape index (κ3) is 3.00. The van der Waals surface area contributed by atoms with E-state index >= 15 is 0 Å². The van der Waals surface area contributed by atoms with Gasteiger partial charge in [0.2, 0.25) is 0 Å². The molecule has 0 saturated heterocycles. The van der Waals surface area contributed by atoms with Crippen LogP contribution in [0.2, 0.25) is 0 Å². The van der Waals surface area contributed by atoms with Crippen molar-refractivity contribution in [2.45, 2.75) is 6.92 Å². The van der Waals surface area contributed by atoms with Gasteiger partial charge in [-0.25, -0.2) is 4.79 Å². The first-order valence-electron chi connectivity index (χ1n) is 4.71. The van der Waals surface area contributed by atoms with E-state index in [1.807, 2.05) is 0 Å². The van der Waals surface area contributed by atoms with Crippen molar-refractivity contribution in [3.8, 4) is 0 Å². The Hall–Kier alpha value is -3.04. The summed E-state index contributed by atoms with van der Waals surface area (Å²) in [5.74, 6) is -1.22. The number of hydrogen-bond donors (Lipinski definition) is 2. The van der Waals surface area contributed by atoms with Crippen molar-refractivity contribution in [3.05, 3.63) is 43.5 Å². The lowest BCUT2D eigenvalue weighted by molar-refractivity contribution is -0.394. The Balaban J connectivity index is 3.46. The first-order valence-corrected chi connectivity index (χ1v) is 4.71. The molecule has 0 fully saturated rings. The molecule has 2 amide bonds. The number of nitro groups is 2. The largest absolute Gasteiger partial charge is 0.465 e. The summed E-state index contributed by atoms with van der Waals surface area (Å²) < 4.78 is 0. The lowest BCUT2D eigenvalue weighted by Crippen LogP contribution is -2.29. The van der Waals surface area contributed by atoms with Crippen LogP contribution < -0.4 is 5.32 Å². The van der Waals surface area contributed by atoms with Gasteiger partial charge in [-0.1, -0.05) is 0 Å². The molecule has 0 aromatic heterocycles. The van der Waals surface area contributed by atoms with Crippen LogP contribution in [0.3, 0.4) is 0 Å². The van der Waals surface area contributed by atoms with Crippen LogP contribution in [0, 0.1) is 27.2 Å². The Bertz CT molecular complexity index is 596. The fourth-order valence-electron chi connectivity index (χ4n) is 1.45. The number of non-ortho nitro benzene ring substituents is 1. The lowest BCUT2D eigenvalue weighted by atomic mass is 10.0. The van der Waals surface area contributed by atoms with Gasteiger partial charge in [-0.3, -0.25) is 30.3 Å². The number of carboxylic acid groups (broad SMARTS) is 1. The van der Waals surface area contributed by atoms with Crippen molar-refractivity contribution in [3.63, 3.8) is 0 Å². The number of imide groups is 1. The summed E-state index contributed by atoms with van der Waals surface area (Å²) in [5.41, 5.74) is -1.99. The maximum Gasteiger partial charge on any atom is 0.411 e. The van der Waals surface area contributed by atoms with E-state index in [1.54, 1.807) is 0 Å². The SMILES string of the molecule is Cc1cc([N+](=O)[O-])cc([N+](=O)[O-])c1C(=O)NC(=O)O. The van der Waals surface area contributed by atoms with Crippen LogP contribution in [0.25, 0.3) is 0 Å². The Morgan fingerprint density at radius 2 is 1.79 bits per heavy atom. The number of carbonyl (C=O) groups is 2. The summed E-state index contributed by atoms with van der Waals surface area (Å²) in [7, 11) is 0. The molecule has 0 aliphatic rings. The van der Waals surface area contributed by atoms with Crippen LogP contribution in [-0.4, -0.2) is 27.0 Å². The number of nitro benzene ring substituents is 2. The van der Waals surface area contributed by atoms with Gasteiger partial charge in [0.1, 0.15) is 5.56 Å². The van der Waals surface area contributed by atoms with E-state index in [0.717, 1.165) is 6.07 Å². The van der Waals surface area contributed by atoms with Crippen LogP contribution in [-0.2, 0) is 0 Å². The second kappa shape index (κ2) is 5.08. The van der Waals surface area contributed by atoms with E-state index in [1.165, 1.54) is 12.2 Å². The highest BCUT2D eigenvalue weighted by molar-refractivity contribution is 6.06. The number of benzene rings is 1. The minimum Gasteiger partial charge on any atom is -0.465 e. The minimum atomic E-state index is -1.68. The van der Waals surface area contributed by atoms with Gasteiger partial charge in [-0.05, 0) is 12.5 Å². The molecule has 0 spiro atoms. The van der Waals surface area contributed by atoms with Crippen LogP contribution in [0.4, 0.5) is 16.2 Å². The monoisotopic (exact) mass is 269 g/mol. The molecule has 0 saturated carbocycles. The number of nitrogens with one attached hydrogen (secondary N) is 1. The summed E-state index contributed by atoms with van der Waals surface area (Å²) in [4.78, 5) is 41.4. The van der Waals surface area contributed by atoms with Gasteiger partial charge < -0.3 is 5.11 Å². The highest BCUT2D eigenvalue weighted by Crippen LogP contribution is 2.28. The van der Waals surface area contributed by atoms with Crippen molar-refractivity contribution in [2.75, 3.05) is 0 Å². The maximum atomic E-state index is 11.5. The summed E-state index contributed by atoms with van der Waals surface area (Å²) in [6, 6.07) is 1.55. The zero-order valence-corrected chi connectivity index (χ0v) is 9.45. The van der Waals surface area contributed by atoms with Gasteiger partial charge in [0.15, 0.2) is 0 Å². The standard InChI is InChI=1S/C9H7N3O7/c1-4-2-5(11(16)17)3-6(12(18)19)7(4)8(13)10-9(14)15/h2-3H,1H3,(H,10,13)(H,14,15). The molecule has 0 heterocycles. The van der Waals surface area contributed by atoms with Crippen molar-refractivity contribution in [1.29, 1.82) is 0 Å². The molecule has 10 nitrogen and oxygen atoms in total. The summed E-state index contributed by atoms with van der Waals surface area (Å²) in [5, 5.41) is 31.2. The Morgan fingerprint density at radius 3 is 2.21 bits per heavy atom. The number of rotatable bonds is 3. The van der Waals surface area contributed by atoms with Crippen LogP contribution >= 0.6 is 0 Å². The van der Waals surface area contributed by atoms with Crippen molar-refractivity contribution in [2.24, 2.45) is 0 Å². The molecule has 0 atom stereocenters. The van der Waals surface area contributed by atoms with Gasteiger partial charge in [0.25, 0.3) is 17.3 Å². The number of aryl methyl sites for hydroxylation is 1. The van der Waals surface area contributed by atoms with Gasteiger partial charge >= 0.3 is 6.09 Å². The zero-order chi connectivity index (χ0) is 14.7. The minimum absolute atomic E-state index is 0.0698. The average molecular weight is 269 g/mol. The Labute approximate surface area is 104 Å². The fourth-order valence-corrected chi connectivity index (χ4v) is 1.45. The second-order valence-electron chi connectivity index (χ2n) is 3.43. The molecular formula is C9H7N3O7. The number of nitrogens with zero attached hydrogens (tertiary/aromatic N) is 2. The Morgan fingerprint density at radius 1 is 1.21 bits per heavy atom.